The molecule has 0 unspecified atom stereocenters. The van der Waals surface area contributed by atoms with E-state index >= 15 is 0 Å². The van der Waals surface area contributed by atoms with Gasteiger partial charge < -0.3 is 9.47 Å². The standard InChI is InChI=1S/C43H37IO4/c1-24(2)40(45)47-22-43(23-48-41(46)25(3)4)36-20-27(11-15-33(36)34-17-13-31(44)21-37(34)43)32-14-10-26-8-9-28-18-30(42(5,6)7)19-29-12-16-35(32)39(26)38(28)29/h8-21H,1,3,22-23H2,2,4-7H3. The SMILES string of the molecule is C=C(C)C(=O)OCC1(COC(=O)C(=C)C)c2cc(I)ccc2-c2ccc(-c3ccc4ccc5cc(C(C)(C)C)cc6ccc3c4c56)cc21. The topological polar surface area (TPSA) is 52.6 Å². The second-order valence-electron chi connectivity index (χ2n) is 14.2. The van der Waals surface area contributed by atoms with E-state index in [-0.39, 0.29) is 18.6 Å². The molecule has 0 saturated heterocycles. The van der Waals surface area contributed by atoms with Crippen molar-refractivity contribution in [3.63, 3.8) is 0 Å². The minimum absolute atomic E-state index is 0.0136. The highest BCUT2D eigenvalue weighted by molar-refractivity contribution is 14.1. The number of carbonyl (C=O) groups is 2. The van der Waals surface area contributed by atoms with Crippen molar-refractivity contribution in [3.8, 4) is 22.3 Å². The lowest BCUT2D eigenvalue weighted by molar-refractivity contribution is -0.144. The molecule has 0 heterocycles. The van der Waals surface area contributed by atoms with Crippen LogP contribution in [0.2, 0.25) is 0 Å². The van der Waals surface area contributed by atoms with Crippen molar-refractivity contribution in [2.24, 2.45) is 0 Å². The van der Waals surface area contributed by atoms with Crippen LogP contribution in [0.4, 0.5) is 0 Å². The first-order chi connectivity index (χ1) is 22.8. The van der Waals surface area contributed by atoms with Gasteiger partial charge in [0.2, 0.25) is 0 Å². The van der Waals surface area contributed by atoms with Crippen LogP contribution in [0.3, 0.4) is 0 Å². The molecule has 7 rings (SSSR count). The molecule has 0 bridgehead atoms. The van der Waals surface area contributed by atoms with E-state index < -0.39 is 17.4 Å². The first-order valence-corrected chi connectivity index (χ1v) is 17.2. The zero-order valence-electron chi connectivity index (χ0n) is 27.9. The molecule has 0 spiro atoms. The average Bonchev–Trinajstić information content (AvgIpc) is 3.32. The zero-order chi connectivity index (χ0) is 34.1. The van der Waals surface area contributed by atoms with Crippen LogP contribution in [0.5, 0.6) is 0 Å². The molecule has 6 aromatic carbocycles. The van der Waals surface area contributed by atoms with Gasteiger partial charge in [0.25, 0.3) is 0 Å². The van der Waals surface area contributed by atoms with E-state index in [9.17, 15) is 9.59 Å². The third kappa shape index (κ3) is 5.20. The van der Waals surface area contributed by atoms with Gasteiger partial charge in [0.15, 0.2) is 0 Å². The molecule has 240 valence electrons. The van der Waals surface area contributed by atoms with Crippen molar-refractivity contribution in [2.75, 3.05) is 13.2 Å². The molecule has 0 fully saturated rings. The van der Waals surface area contributed by atoms with Gasteiger partial charge >= 0.3 is 11.9 Å². The van der Waals surface area contributed by atoms with E-state index in [1.54, 1.807) is 13.8 Å². The lowest BCUT2D eigenvalue weighted by Gasteiger charge is -2.31. The Balaban J connectivity index is 1.44. The fourth-order valence-corrected chi connectivity index (χ4v) is 7.61. The quantitative estimate of drug-likeness (QED) is 0.0707. The summed E-state index contributed by atoms with van der Waals surface area (Å²) in [5, 5.41) is 7.38. The molecule has 0 atom stereocenters. The third-order valence-corrected chi connectivity index (χ3v) is 10.4. The lowest BCUT2D eigenvalue weighted by Crippen LogP contribution is -2.38. The van der Waals surface area contributed by atoms with Gasteiger partial charge in [-0.25, -0.2) is 9.59 Å². The molecule has 1 aliphatic rings. The lowest BCUT2D eigenvalue weighted by atomic mass is 9.78. The van der Waals surface area contributed by atoms with Crippen molar-refractivity contribution >= 4 is 66.8 Å². The molecule has 4 nitrogen and oxygen atoms in total. The molecule has 0 radical (unpaired) electrons. The Morgan fingerprint density at radius 3 is 1.79 bits per heavy atom. The Hall–Kier alpha value is -4.49. The molecular weight excluding hydrogens is 707 g/mol. The second kappa shape index (κ2) is 11.6. The first-order valence-electron chi connectivity index (χ1n) is 16.1. The van der Waals surface area contributed by atoms with Crippen molar-refractivity contribution in [2.45, 2.75) is 45.4 Å². The summed E-state index contributed by atoms with van der Waals surface area (Å²) in [6.07, 6.45) is 0. The molecule has 0 aromatic heterocycles. The van der Waals surface area contributed by atoms with Crippen LogP contribution < -0.4 is 0 Å². The molecule has 1 aliphatic carbocycles. The maximum atomic E-state index is 12.8. The second-order valence-corrected chi connectivity index (χ2v) is 15.4. The summed E-state index contributed by atoms with van der Waals surface area (Å²) in [7, 11) is 0. The van der Waals surface area contributed by atoms with Gasteiger partial charge in [-0.05, 0) is 131 Å². The van der Waals surface area contributed by atoms with Crippen LogP contribution in [0.15, 0.2) is 109 Å². The van der Waals surface area contributed by atoms with Gasteiger partial charge in [0, 0.05) is 14.7 Å². The number of carbonyl (C=O) groups excluding carboxylic acids is 2. The Morgan fingerprint density at radius 1 is 0.667 bits per heavy atom. The summed E-state index contributed by atoms with van der Waals surface area (Å²) >= 11 is 2.29. The van der Waals surface area contributed by atoms with E-state index in [1.807, 2.05) is 0 Å². The highest BCUT2D eigenvalue weighted by atomic mass is 127. The maximum absolute atomic E-state index is 12.8. The van der Waals surface area contributed by atoms with E-state index in [2.05, 4.69) is 141 Å². The summed E-state index contributed by atoms with van der Waals surface area (Å²) in [6.45, 7) is 17.6. The number of hydrogen-bond acceptors (Lipinski definition) is 4. The van der Waals surface area contributed by atoms with E-state index in [1.165, 1.54) is 37.9 Å². The molecule has 6 aromatic rings. The minimum Gasteiger partial charge on any atom is -0.461 e. The number of fused-ring (bicyclic) bond motifs is 3. The van der Waals surface area contributed by atoms with E-state index in [0.717, 1.165) is 37.0 Å². The largest absolute Gasteiger partial charge is 0.461 e. The highest BCUT2D eigenvalue weighted by Gasteiger charge is 2.46. The van der Waals surface area contributed by atoms with Crippen molar-refractivity contribution < 1.29 is 19.1 Å². The van der Waals surface area contributed by atoms with Crippen LogP contribution in [-0.2, 0) is 29.9 Å². The number of rotatable bonds is 7. The number of esters is 2. The predicted molar refractivity (Wildman–Crippen MR) is 205 cm³/mol. The van der Waals surface area contributed by atoms with E-state index in [4.69, 9.17) is 9.47 Å². The summed E-state index contributed by atoms with van der Waals surface area (Å²) in [5.74, 6) is -0.974. The van der Waals surface area contributed by atoms with Crippen molar-refractivity contribution in [1.29, 1.82) is 0 Å². The summed E-state index contributed by atoms with van der Waals surface area (Å²) in [5.41, 5.74) is 7.13. The Labute approximate surface area is 294 Å². The fraction of sp³-hybridized carbons (Fsp3) is 0.209. The van der Waals surface area contributed by atoms with Crippen LogP contribution >= 0.6 is 22.6 Å². The summed E-state index contributed by atoms with van der Waals surface area (Å²) < 4.78 is 12.8. The van der Waals surface area contributed by atoms with Gasteiger partial charge in [-0.3, -0.25) is 0 Å². The smallest absolute Gasteiger partial charge is 0.333 e. The number of benzene rings is 6. The molecule has 0 saturated carbocycles. The minimum atomic E-state index is -0.939. The van der Waals surface area contributed by atoms with Crippen LogP contribution in [0.1, 0.15) is 51.3 Å². The van der Waals surface area contributed by atoms with Crippen LogP contribution in [0.25, 0.3) is 54.6 Å². The van der Waals surface area contributed by atoms with Gasteiger partial charge in [-0.1, -0.05) is 101 Å². The van der Waals surface area contributed by atoms with Crippen LogP contribution in [-0.4, -0.2) is 25.2 Å². The highest BCUT2D eigenvalue weighted by Crippen LogP contribution is 2.52. The van der Waals surface area contributed by atoms with Crippen LogP contribution in [0, 0.1) is 3.57 Å². The van der Waals surface area contributed by atoms with Gasteiger partial charge in [-0.15, -0.1) is 0 Å². The number of ether oxygens (including phenoxy) is 2. The zero-order valence-corrected chi connectivity index (χ0v) is 30.1. The monoisotopic (exact) mass is 744 g/mol. The Bertz CT molecular complexity index is 2290. The van der Waals surface area contributed by atoms with Crippen molar-refractivity contribution in [3.05, 3.63) is 129 Å². The predicted octanol–water partition coefficient (Wildman–Crippen LogP) is 10.7. The number of hydrogen-bond donors (Lipinski definition) is 0. The third-order valence-electron chi connectivity index (χ3n) is 9.69. The molecule has 48 heavy (non-hydrogen) atoms. The Morgan fingerprint density at radius 2 is 1.19 bits per heavy atom. The normalized spacial score (nSPS) is 13.5. The maximum Gasteiger partial charge on any atom is 0.333 e. The van der Waals surface area contributed by atoms with E-state index in [0.29, 0.717) is 11.1 Å². The summed E-state index contributed by atoms with van der Waals surface area (Å²) in [6, 6.07) is 30.8. The molecule has 0 N–H and O–H groups in total. The summed E-state index contributed by atoms with van der Waals surface area (Å²) in [4.78, 5) is 25.6. The van der Waals surface area contributed by atoms with Gasteiger partial charge in [-0.2, -0.15) is 0 Å². The molecule has 0 amide bonds. The fourth-order valence-electron chi connectivity index (χ4n) is 7.12. The Kier molecular flexibility index (Phi) is 7.74. The van der Waals surface area contributed by atoms with Gasteiger partial charge in [0.1, 0.15) is 13.2 Å². The molecule has 5 heteroatoms. The molecule has 0 aliphatic heterocycles. The average molecular weight is 745 g/mol. The number of halogens is 1. The molecular formula is C43H37IO4. The van der Waals surface area contributed by atoms with Gasteiger partial charge in [0.05, 0.1) is 5.41 Å². The first kappa shape index (κ1) is 32.1. The van der Waals surface area contributed by atoms with Crippen molar-refractivity contribution in [1.82, 2.24) is 0 Å².